The molecule has 0 spiro atoms. The zero-order chi connectivity index (χ0) is 11.3. The molecule has 0 aliphatic heterocycles. The summed E-state index contributed by atoms with van der Waals surface area (Å²) >= 11 is 0. The molecule has 0 saturated heterocycles. The molecule has 0 unspecified atom stereocenters. The summed E-state index contributed by atoms with van der Waals surface area (Å²) < 4.78 is 25.5. The Morgan fingerprint density at radius 1 is 1.14 bits per heavy atom. The van der Waals surface area contributed by atoms with Gasteiger partial charge in [-0.2, -0.15) is 0 Å². The average Bonchev–Trinajstić information content (AvgIpc) is 2.14. The van der Waals surface area contributed by atoms with Crippen molar-refractivity contribution >= 4 is 5.78 Å². The van der Waals surface area contributed by atoms with Crippen LogP contribution in [0.1, 0.15) is 36.7 Å². The van der Waals surface area contributed by atoms with Crippen LogP contribution in [0.3, 0.4) is 0 Å². The van der Waals surface area contributed by atoms with Crippen LogP contribution < -0.4 is 0 Å². The lowest BCUT2D eigenvalue weighted by Gasteiger charge is -2.00. The number of aryl methyl sites for hydroxylation is 1. The smallest absolute Gasteiger partial charge is 0.162 e. The van der Waals surface area contributed by atoms with Gasteiger partial charge in [-0.1, -0.05) is 13.8 Å². The van der Waals surface area contributed by atoms with Crippen LogP contribution in [-0.4, -0.2) is 5.78 Å². The Labute approximate surface area is 82.8 Å². The van der Waals surface area contributed by atoms with Gasteiger partial charge in [0.05, 0.1) is 5.56 Å². The highest BCUT2D eigenvalue weighted by Crippen LogP contribution is 2.14. The van der Waals surface area contributed by atoms with Gasteiger partial charge in [0.2, 0.25) is 0 Å². The van der Waals surface area contributed by atoms with E-state index in [1.807, 2.05) is 13.8 Å². The molecule has 1 aromatic rings. The van der Waals surface area contributed by atoms with Crippen LogP contribution in [0, 0.1) is 18.6 Å². The molecule has 0 atom stereocenters. The molecule has 1 aromatic carbocycles. The maximum absolute atomic E-state index is 12.8. The van der Waals surface area contributed by atoms with Crippen LogP contribution in [0.25, 0.3) is 0 Å². The average molecular weight is 200 g/mol. The normalized spacial score (nSPS) is 9.00. The molecule has 0 bridgehead atoms. The zero-order valence-corrected chi connectivity index (χ0v) is 8.82. The first-order chi connectivity index (χ1) is 6.52. The lowest BCUT2D eigenvalue weighted by molar-refractivity contribution is 0.101. The van der Waals surface area contributed by atoms with Crippen molar-refractivity contribution in [1.82, 2.24) is 0 Å². The van der Waals surface area contributed by atoms with Gasteiger partial charge in [-0.05, 0) is 25.5 Å². The van der Waals surface area contributed by atoms with Gasteiger partial charge in [-0.3, -0.25) is 4.79 Å². The van der Waals surface area contributed by atoms with E-state index in [9.17, 15) is 13.6 Å². The van der Waals surface area contributed by atoms with E-state index in [0.717, 1.165) is 6.07 Å². The quantitative estimate of drug-likeness (QED) is 0.634. The monoisotopic (exact) mass is 200 g/mol. The molecule has 0 saturated carbocycles. The van der Waals surface area contributed by atoms with E-state index in [1.54, 1.807) is 0 Å². The minimum absolute atomic E-state index is 0.0612. The van der Waals surface area contributed by atoms with E-state index < -0.39 is 17.4 Å². The fourth-order valence-electron chi connectivity index (χ4n) is 0.927. The number of hydrogen-bond donors (Lipinski definition) is 0. The summed E-state index contributed by atoms with van der Waals surface area (Å²) in [6.45, 7) is 6.73. The molecule has 0 aliphatic carbocycles. The van der Waals surface area contributed by atoms with E-state index in [2.05, 4.69) is 0 Å². The first-order valence-corrected chi connectivity index (χ1v) is 4.49. The van der Waals surface area contributed by atoms with Crippen molar-refractivity contribution in [3.8, 4) is 0 Å². The first kappa shape index (κ1) is 12.8. The molecular weight excluding hydrogens is 186 g/mol. The molecule has 78 valence electrons. The Morgan fingerprint density at radius 2 is 1.64 bits per heavy atom. The van der Waals surface area contributed by atoms with Crippen molar-refractivity contribution in [2.45, 2.75) is 27.7 Å². The van der Waals surface area contributed by atoms with Gasteiger partial charge in [0.15, 0.2) is 5.78 Å². The van der Waals surface area contributed by atoms with Crippen molar-refractivity contribution in [1.29, 1.82) is 0 Å². The fraction of sp³-hybridized carbons (Fsp3) is 0.364. The van der Waals surface area contributed by atoms with Crippen molar-refractivity contribution in [2.75, 3.05) is 0 Å². The van der Waals surface area contributed by atoms with Crippen molar-refractivity contribution < 1.29 is 13.6 Å². The van der Waals surface area contributed by atoms with Gasteiger partial charge in [0, 0.05) is 6.07 Å². The fourth-order valence-corrected chi connectivity index (χ4v) is 0.927. The first-order valence-electron chi connectivity index (χ1n) is 4.49. The molecule has 0 radical (unpaired) electrons. The highest BCUT2D eigenvalue weighted by molar-refractivity contribution is 5.94. The summed E-state index contributed by atoms with van der Waals surface area (Å²) in [7, 11) is 0. The van der Waals surface area contributed by atoms with Crippen LogP contribution in [0.4, 0.5) is 8.78 Å². The molecule has 14 heavy (non-hydrogen) atoms. The number of halogens is 2. The second kappa shape index (κ2) is 5.47. The molecule has 0 fully saturated rings. The molecule has 1 nitrogen and oxygen atoms in total. The van der Waals surface area contributed by atoms with Crippen LogP contribution in [-0.2, 0) is 0 Å². The van der Waals surface area contributed by atoms with Crippen molar-refractivity contribution in [3.63, 3.8) is 0 Å². The Kier molecular flexibility index (Phi) is 4.99. The number of carbonyl (C=O) groups is 1. The van der Waals surface area contributed by atoms with Gasteiger partial charge in [-0.15, -0.1) is 0 Å². The van der Waals surface area contributed by atoms with Gasteiger partial charge >= 0.3 is 0 Å². The Hall–Kier alpha value is -1.25. The molecular formula is C11H14F2O. The summed E-state index contributed by atoms with van der Waals surface area (Å²) in [5.74, 6) is -1.82. The summed E-state index contributed by atoms with van der Waals surface area (Å²) in [4.78, 5) is 10.8. The molecule has 0 amide bonds. The highest BCUT2D eigenvalue weighted by Gasteiger charge is 2.09. The number of ketones is 1. The second-order valence-electron chi connectivity index (χ2n) is 2.64. The summed E-state index contributed by atoms with van der Waals surface area (Å²) in [6.07, 6.45) is 0. The maximum atomic E-state index is 12.8. The van der Waals surface area contributed by atoms with E-state index in [-0.39, 0.29) is 11.1 Å². The van der Waals surface area contributed by atoms with Crippen LogP contribution in [0.15, 0.2) is 12.1 Å². The Balaban J connectivity index is 0.000000791. The number of hydrogen-bond acceptors (Lipinski definition) is 1. The van der Waals surface area contributed by atoms with E-state index in [0.29, 0.717) is 0 Å². The SMILES string of the molecule is CC.CC(=O)c1cc(C)c(F)cc1F. The minimum atomic E-state index is -0.800. The maximum Gasteiger partial charge on any atom is 0.162 e. The van der Waals surface area contributed by atoms with Crippen LogP contribution in [0.2, 0.25) is 0 Å². The minimum Gasteiger partial charge on any atom is -0.294 e. The van der Waals surface area contributed by atoms with E-state index in [1.165, 1.54) is 19.9 Å². The largest absolute Gasteiger partial charge is 0.294 e. The third-order valence-electron chi connectivity index (χ3n) is 1.63. The Morgan fingerprint density at radius 3 is 2.07 bits per heavy atom. The third kappa shape index (κ3) is 2.91. The van der Waals surface area contributed by atoms with Crippen molar-refractivity contribution in [3.05, 3.63) is 34.9 Å². The highest BCUT2D eigenvalue weighted by atomic mass is 19.1. The molecule has 1 rings (SSSR count). The molecule has 0 heterocycles. The van der Waals surface area contributed by atoms with Gasteiger partial charge in [-0.25, -0.2) is 8.78 Å². The standard InChI is InChI=1S/C9H8F2O.C2H6/c1-5-3-7(6(2)12)9(11)4-8(5)10;1-2/h3-4H,1-2H3;1-2H3. The summed E-state index contributed by atoms with van der Waals surface area (Å²) in [5, 5.41) is 0. The molecule has 3 heteroatoms. The lowest BCUT2D eigenvalue weighted by atomic mass is 10.1. The number of rotatable bonds is 1. The van der Waals surface area contributed by atoms with Gasteiger partial charge in [0.25, 0.3) is 0 Å². The topological polar surface area (TPSA) is 17.1 Å². The number of benzene rings is 1. The number of carbonyl (C=O) groups excluding carboxylic acids is 1. The van der Waals surface area contributed by atoms with Crippen molar-refractivity contribution in [2.24, 2.45) is 0 Å². The molecule has 0 N–H and O–H groups in total. The zero-order valence-electron chi connectivity index (χ0n) is 8.82. The molecule has 0 aromatic heterocycles. The summed E-state index contributed by atoms with van der Waals surface area (Å²) in [6, 6.07) is 1.94. The predicted octanol–water partition coefficient (Wildman–Crippen LogP) is 3.50. The number of Topliss-reactive ketones (excluding diaryl/α,β-unsaturated/α-hetero) is 1. The van der Waals surface area contributed by atoms with E-state index >= 15 is 0 Å². The van der Waals surface area contributed by atoms with E-state index in [4.69, 9.17) is 0 Å². The van der Waals surface area contributed by atoms with Crippen LogP contribution >= 0.6 is 0 Å². The lowest BCUT2D eigenvalue weighted by Crippen LogP contribution is -1.99. The third-order valence-corrected chi connectivity index (χ3v) is 1.63. The summed E-state index contributed by atoms with van der Waals surface area (Å²) in [5.41, 5.74) is 0.218. The predicted molar refractivity (Wildman–Crippen MR) is 52.4 cm³/mol. The van der Waals surface area contributed by atoms with Gasteiger partial charge < -0.3 is 0 Å². The molecule has 0 aliphatic rings. The second-order valence-corrected chi connectivity index (χ2v) is 2.64. The van der Waals surface area contributed by atoms with Gasteiger partial charge in [0.1, 0.15) is 11.6 Å². The Bertz CT molecular complexity index is 332. The van der Waals surface area contributed by atoms with Crippen LogP contribution in [0.5, 0.6) is 0 Å².